The predicted molar refractivity (Wildman–Crippen MR) is 118 cm³/mol. The number of anilines is 2. The Hall–Kier alpha value is -3.31. The van der Waals surface area contributed by atoms with Crippen LogP contribution in [0.1, 0.15) is 12.5 Å². The molecular weight excluding hydrogens is 380 g/mol. The summed E-state index contributed by atoms with van der Waals surface area (Å²) in [5, 5.41) is 3.26. The van der Waals surface area contributed by atoms with Crippen molar-refractivity contribution in [3.63, 3.8) is 0 Å². The van der Waals surface area contributed by atoms with E-state index in [4.69, 9.17) is 0 Å². The van der Waals surface area contributed by atoms with E-state index < -0.39 is 0 Å². The van der Waals surface area contributed by atoms with Gasteiger partial charge in [-0.25, -0.2) is 4.90 Å². The third-order valence-corrected chi connectivity index (χ3v) is 5.77. The molecule has 1 N–H and O–H groups in total. The number of para-hydroxylation sites is 2. The van der Waals surface area contributed by atoms with Gasteiger partial charge in [0.25, 0.3) is 11.8 Å². The van der Waals surface area contributed by atoms with Crippen molar-refractivity contribution < 1.29 is 9.59 Å². The van der Waals surface area contributed by atoms with Crippen molar-refractivity contribution in [3.8, 4) is 0 Å². The molecule has 3 aromatic carbocycles. The van der Waals surface area contributed by atoms with Crippen LogP contribution in [0.15, 0.2) is 100 Å². The average Bonchev–Trinajstić information content (AvgIpc) is 2.99. The van der Waals surface area contributed by atoms with E-state index in [2.05, 4.69) is 12.2 Å². The number of thioether (sulfide) groups is 1. The first-order valence-electron chi connectivity index (χ1n) is 9.45. The molecule has 4 rings (SSSR count). The number of amides is 2. The van der Waals surface area contributed by atoms with Gasteiger partial charge in [0.1, 0.15) is 10.6 Å². The second kappa shape index (κ2) is 8.37. The number of aryl methyl sites for hydroxylation is 1. The van der Waals surface area contributed by atoms with Crippen LogP contribution in [0.5, 0.6) is 0 Å². The Labute approximate surface area is 174 Å². The van der Waals surface area contributed by atoms with Crippen LogP contribution in [-0.4, -0.2) is 11.8 Å². The van der Waals surface area contributed by atoms with Crippen LogP contribution in [0.3, 0.4) is 0 Å². The summed E-state index contributed by atoms with van der Waals surface area (Å²) in [6, 6.07) is 26.5. The maximum Gasteiger partial charge on any atom is 0.283 e. The normalized spacial score (nSPS) is 13.9. The number of hydrogen-bond donors (Lipinski definition) is 1. The van der Waals surface area contributed by atoms with Crippen LogP contribution >= 0.6 is 11.8 Å². The number of rotatable bonds is 6. The molecule has 4 nitrogen and oxygen atoms in total. The van der Waals surface area contributed by atoms with Crippen LogP contribution in [0.2, 0.25) is 0 Å². The van der Waals surface area contributed by atoms with Gasteiger partial charge >= 0.3 is 0 Å². The van der Waals surface area contributed by atoms with E-state index in [1.807, 2.05) is 72.8 Å². The third kappa shape index (κ3) is 3.82. The van der Waals surface area contributed by atoms with E-state index in [1.165, 1.54) is 16.7 Å². The second-order valence-corrected chi connectivity index (χ2v) is 7.62. The topological polar surface area (TPSA) is 49.4 Å². The molecule has 1 aliphatic rings. The van der Waals surface area contributed by atoms with Gasteiger partial charge in [-0.05, 0) is 42.3 Å². The highest BCUT2D eigenvalue weighted by Crippen LogP contribution is 2.38. The minimum atomic E-state index is -0.342. The highest BCUT2D eigenvalue weighted by molar-refractivity contribution is 8.04. The van der Waals surface area contributed by atoms with Crippen molar-refractivity contribution in [2.75, 3.05) is 10.2 Å². The Morgan fingerprint density at radius 2 is 1.41 bits per heavy atom. The Kier molecular flexibility index (Phi) is 5.49. The van der Waals surface area contributed by atoms with Gasteiger partial charge in [-0.1, -0.05) is 73.3 Å². The molecule has 0 bridgehead atoms. The minimum Gasteiger partial charge on any atom is -0.350 e. The van der Waals surface area contributed by atoms with Crippen molar-refractivity contribution >= 4 is 35.0 Å². The zero-order valence-electron chi connectivity index (χ0n) is 16.0. The predicted octanol–water partition coefficient (Wildman–Crippen LogP) is 5.24. The fourth-order valence-electron chi connectivity index (χ4n) is 3.22. The monoisotopic (exact) mass is 400 g/mol. The average molecular weight is 401 g/mol. The molecule has 144 valence electrons. The summed E-state index contributed by atoms with van der Waals surface area (Å²) in [6.07, 6.45) is 0.822. The molecule has 1 heterocycles. The lowest BCUT2D eigenvalue weighted by Gasteiger charge is -2.15. The number of nitrogens with zero attached hydrogens (tertiary/aromatic N) is 1. The van der Waals surface area contributed by atoms with Crippen LogP contribution in [0, 0.1) is 0 Å². The number of nitrogens with one attached hydrogen (secondary N) is 1. The van der Waals surface area contributed by atoms with Crippen LogP contribution in [-0.2, 0) is 16.0 Å². The smallest absolute Gasteiger partial charge is 0.283 e. The third-order valence-electron chi connectivity index (χ3n) is 4.68. The highest BCUT2D eigenvalue weighted by Gasteiger charge is 2.40. The lowest BCUT2D eigenvalue weighted by molar-refractivity contribution is -0.120. The standard InChI is InChI=1S/C24H20N2O2S/c1-2-17-11-9-10-16-20(17)25-21-22(29-19-14-7-4-8-15-19)24(28)26(23(21)27)18-12-5-3-6-13-18/h3-16,25H,2H2,1H3. The molecule has 0 saturated carbocycles. The van der Waals surface area contributed by atoms with Gasteiger partial charge in [-0.3, -0.25) is 9.59 Å². The molecule has 0 fully saturated rings. The van der Waals surface area contributed by atoms with Gasteiger partial charge in [0, 0.05) is 10.6 Å². The van der Waals surface area contributed by atoms with Crippen molar-refractivity contribution in [2.45, 2.75) is 18.2 Å². The Bertz CT molecular complexity index is 1080. The molecule has 2 amide bonds. The van der Waals surface area contributed by atoms with E-state index in [0.29, 0.717) is 16.3 Å². The molecule has 0 saturated heterocycles. The first kappa shape index (κ1) is 19.0. The summed E-state index contributed by atoms with van der Waals surface area (Å²) in [4.78, 5) is 29.1. The zero-order valence-corrected chi connectivity index (χ0v) is 16.8. The molecule has 0 unspecified atom stereocenters. The van der Waals surface area contributed by atoms with E-state index in [9.17, 15) is 9.59 Å². The molecule has 1 aliphatic heterocycles. The van der Waals surface area contributed by atoms with E-state index in [-0.39, 0.29) is 11.8 Å². The first-order valence-corrected chi connectivity index (χ1v) is 10.3. The molecule has 0 aliphatic carbocycles. The van der Waals surface area contributed by atoms with Crippen molar-refractivity contribution in [1.29, 1.82) is 0 Å². The quantitative estimate of drug-likeness (QED) is 0.575. The van der Waals surface area contributed by atoms with Crippen molar-refractivity contribution in [1.82, 2.24) is 0 Å². The van der Waals surface area contributed by atoms with E-state index in [1.54, 1.807) is 12.1 Å². The molecule has 0 spiro atoms. The summed E-state index contributed by atoms with van der Waals surface area (Å²) < 4.78 is 0. The van der Waals surface area contributed by atoms with Crippen molar-refractivity contribution in [3.05, 3.63) is 101 Å². The van der Waals surface area contributed by atoms with Crippen LogP contribution < -0.4 is 10.2 Å². The largest absolute Gasteiger partial charge is 0.350 e. The minimum absolute atomic E-state index is 0.313. The van der Waals surface area contributed by atoms with Crippen LogP contribution in [0.4, 0.5) is 11.4 Å². The molecule has 3 aromatic rings. The van der Waals surface area contributed by atoms with Gasteiger partial charge < -0.3 is 5.32 Å². The number of benzene rings is 3. The Morgan fingerprint density at radius 3 is 2.10 bits per heavy atom. The van der Waals surface area contributed by atoms with Crippen molar-refractivity contribution in [2.24, 2.45) is 0 Å². The maximum atomic E-state index is 13.3. The zero-order chi connectivity index (χ0) is 20.2. The molecule has 0 radical (unpaired) electrons. The maximum absolute atomic E-state index is 13.3. The number of carbonyl (C=O) groups excluding carboxylic acids is 2. The first-order chi connectivity index (χ1) is 14.2. The highest BCUT2D eigenvalue weighted by atomic mass is 32.2. The fourth-order valence-corrected chi connectivity index (χ4v) is 4.17. The van der Waals surface area contributed by atoms with Gasteiger partial charge in [-0.15, -0.1) is 0 Å². The summed E-state index contributed by atoms with van der Waals surface area (Å²) in [5.74, 6) is -0.655. The summed E-state index contributed by atoms with van der Waals surface area (Å²) in [7, 11) is 0. The molecule has 29 heavy (non-hydrogen) atoms. The van der Waals surface area contributed by atoms with Crippen LogP contribution in [0.25, 0.3) is 0 Å². The molecular formula is C24H20N2O2S. The summed E-state index contributed by atoms with van der Waals surface area (Å²) in [6.45, 7) is 2.06. The number of hydrogen-bond acceptors (Lipinski definition) is 4. The van der Waals surface area contributed by atoms with E-state index >= 15 is 0 Å². The van der Waals surface area contributed by atoms with E-state index in [0.717, 1.165) is 22.6 Å². The lowest BCUT2D eigenvalue weighted by Crippen LogP contribution is -2.32. The Balaban J connectivity index is 1.76. The van der Waals surface area contributed by atoms with Gasteiger partial charge in [0.2, 0.25) is 0 Å². The lowest BCUT2D eigenvalue weighted by atomic mass is 10.1. The summed E-state index contributed by atoms with van der Waals surface area (Å²) in [5.41, 5.74) is 2.80. The summed E-state index contributed by atoms with van der Waals surface area (Å²) >= 11 is 1.31. The van der Waals surface area contributed by atoms with Gasteiger partial charge in [-0.2, -0.15) is 0 Å². The number of imide groups is 1. The number of carbonyl (C=O) groups is 2. The fraction of sp³-hybridized carbons (Fsp3) is 0.0833. The van der Waals surface area contributed by atoms with Gasteiger partial charge in [0.05, 0.1) is 5.69 Å². The molecule has 5 heteroatoms. The molecule has 0 aromatic heterocycles. The molecule has 0 atom stereocenters. The van der Waals surface area contributed by atoms with Gasteiger partial charge in [0.15, 0.2) is 0 Å². The second-order valence-electron chi connectivity index (χ2n) is 6.54. The SMILES string of the molecule is CCc1ccccc1NC1=C(Sc2ccccc2)C(=O)N(c2ccccc2)C1=O. The Morgan fingerprint density at radius 1 is 0.793 bits per heavy atom.